The minimum Gasteiger partial charge on any atom is -0.325 e. The molecule has 1 N–H and O–H groups in total. The number of hydrogen-bond donors (Lipinski definition) is 1. The van der Waals surface area contributed by atoms with Gasteiger partial charge in [0.2, 0.25) is 5.91 Å². The predicted octanol–water partition coefficient (Wildman–Crippen LogP) is 3.93. The summed E-state index contributed by atoms with van der Waals surface area (Å²) in [5, 5.41) is 3.59. The van der Waals surface area contributed by atoms with E-state index in [9.17, 15) is 4.79 Å². The first-order valence-corrected chi connectivity index (χ1v) is 7.78. The van der Waals surface area contributed by atoms with Gasteiger partial charge in [0, 0.05) is 16.8 Å². The molecule has 1 amide bonds. The molecule has 1 aromatic rings. The molecule has 1 fully saturated rings. The van der Waals surface area contributed by atoms with Gasteiger partial charge < -0.3 is 5.32 Å². The molecule has 1 aromatic carbocycles. The predicted molar refractivity (Wildman–Crippen MR) is 84.2 cm³/mol. The number of carbonyl (C=O) groups is 1. The lowest BCUT2D eigenvalue weighted by Gasteiger charge is -2.26. The smallest absolute Gasteiger partial charge is 0.238 e. The molecule has 0 radical (unpaired) electrons. The Bertz CT molecular complexity index is 425. The van der Waals surface area contributed by atoms with Crippen LogP contribution in [0.1, 0.15) is 38.5 Å². The number of rotatable bonds is 4. The van der Waals surface area contributed by atoms with Crippen molar-refractivity contribution in [1.82, 2.24) is 4.90 Å². The van der Waals surface area contributed by atoms with Crippen LogP contribution in [-0.2, 0) is 4.79 Å². The average Bonchev–Trinajstić information content (AvgIpc) is 2.70. The zero-order chi connectivity index (χ0) is 14.4. The molecule has 2 rings (SSSR count). The maximum absolute atomic E-state index is 12.1. The van der Waals surface area contributed by atoms with Gasteiger partial charge in [-0.05, 0) is 44.2 Å². The van der Waals surface area contributed by atoms with Crippen LogP contribution in [0.5, 0.6) is 0 Å². The maximum atomic E-state index is 12.1. The fraction of sp³-hybridized carbons (Fsp3) is 0.562. The van der Waals surface area contributed by atoms with E-state index in [-0.39, 0.29) is 5.91 Å². The average molecular weight is 295 g/mol. The first kappa shape index (κ1) is 15.3. The molecule has 1 aliphatic carbocycles. The van der Waals surface area contributed by atoms with Crippen LogP contribution >= 0.6 is 11.6 Å². The number of nitrogens with one attached hydrogen (secondary N) is 1. The summed E-state index contributed by atoms with van der Waals surface area (Å²) in [4.78, 5) is 14.2. The molecule has 0 heterocycles. The van der Waals surface area contributed by atoms with E-state index in [4.69, 9.17) is 11.6 Å². The lowest BCUT2D eigenvalue weighted by Crippen LogP contribution is -2.37. The fourth-order valence-electron chi connectivity index (χ4n) is 2.79. The molecule has 0 bridgehead atoms. The highest BCUT2D eigenvalue weighted by Crippen LogP contribution is 2.21. The van der Waals surface area contributed by atoms with Crippen molar-refractivity contribution in [2.24, 2.45) is 0 Å². The minimum atomic E-state index is 0.0408. The molecule has 4 heteroatoms. The van der Waals surface area contributed by atoms with Gasteiger partial charge in [0.05, 0.1) is 6.54 Å². The summed E-state index contributed by atoms with van der Waals surface area (Å²) < 4.78 is 0. The Morgan fingerprint density at radius 1 is 1.20 bits per heavy atom. The summed E-state index contributed by atoms with van der Waals surface area (Å²) in [6, 6.07) is 7.77. The van der Waals surface area contributed by atoms with E-state index < -0.39 is 0 Å². The molecule has 1 aliphatic rings. The molecule has 3 nitrogen and oxygen atoms in total. The van der Waals surface area contributed by atoms with Gasteiger partial charge in [0.1, 0.15) is 0 Å². The van der Waals surface area contributed by atoms with Crippen molar-refractivity contribution >= 4 is 23.2 Å². The zero-order valence-electron chi connectivity index (χ0n) is 12.1. The van der Waals surface area contributed by atoms with Crippen LogP contribution < -0.4 is 5.32 Å². The SMILES string of the molecule is CN(CC(=O)Nc1ccc(Cl)cc1)C1CCCCCC1. The Labute approximate surface area is 126 Å². The molecule has 0 saturated heterocycles. The summed E-state index contributed by atoms with van der Waals surface area (Å²) in [7, 11) is 2.05. The molecule has 110 valence electrons. The lowest BCUT2D eigenvalue weighted by molar-refractivity contribution is -0.117. The Morgan fingerprint density at radius 3 is 2.40 bits per heavy atom. The quantitative estimate of drug-likeness (QED) is 0.853. The van der Waals surface area contributed by atoms with Gasteiger partial charge in [0.15, 0.2) is 0 Å². The van der Waals surface area contributed by atoms with Crippen molar-refractivity contribution in [3.05, 3.63) is 29.3 Å². The van der Waals surface area contributed by atoms with Crippen LogP contribution in [0.4, 0.5) is 5.69 Å². The monoisotopic (exact) mass is 294 g/mol. The number of carbonyl (C=O) groups excluding carboxylic acids is 1. The van der Waals surface area contributed by atoms with Gasteiger partial charge in [-0.2, -0.15) is 0 Å². The first-order valence-electron chi connectivity index (χ1n) is 7.41. The third-order valence-corrected chi connectivity index (χ3v) is 4.22. The number of amides is 1. The van der Waals surface area contributed by atoms with E-state index in [0.717, 1.165) is 5.69 Å². The van der Waals surface area contributed by atoms with Gasteiger partial charge in [-0.25, -0.2) is 0 Å². The third-order valence-electron chi connectivity index (χ3n) is 3.97. The van der Waals surface area contributed by atoms with E-state index in [1.165, 1.54) is 38.5 Å². The fourth-order valence-corrected chi connectivity index (χ4v) is 2.91. The standard InChI is InChI=1S/C16H23ClN2O/c1-19(15-6-4-2-3-5-7-15)12-16(20)18-14-10-8-13(17)9-11-14/h8-11,15H,2-7,12H2,1H3,(H,18,20). The number of nitrogens with zero attached hydrogens (tertiary/aromatic N) is 1. The molecular weight excluding hydrogens is 272 g/mol. The van der Waals surface area contributed by atoms with Gasteiger partial charge in [-0.15, -0.1) is 0 Å². The molecular formula is C16H23ClN2O. The highest BCUT2D eigenvalue weighted by atomic mass is 35.5. The Kier molecular flexibility index (Phi) is 5.86. The second kappa shape index (κ2) is 7.65. The van der Waals surface area contributed by atoms with Crippen molar-refractivity contribution in [2.75, 3.05) is 18.9 Å². The molecule has 20 heavy (non-hydrogen) atoms. The summed E-state index contributed by atoms with van der Waals surface area (Å²) >= 11 is 5.83. The van der Waals surface area contributed by atoms with Gasteiger partial charge in [0.25, 0.3) is 0 Å². The molecule has 0 atom stereocenters. The Hall–Kier alpha value is -1.06. The topological polar surface area (TPSA) is 32.3 Å². The minimum absolute atomic E-state index is 0.0408. The summed E-state index contributed by atoms with van der Waals surface area (Å²) in [5.41, 5.74) is 0.800. The van der Waals surface area contributed by atoms with Crippen LogP contribution in [0.15, 0.2) is 24.3 Å². The highest BCUT2D eigenvalue weighted by molar-refractivity contribution is 6.30. The number of likely N-dealkylation sites (N-methyl/N-ethyl adjacent to an activating group) is 1. The van der Waals surface area contributed by atoms with Crippen LogP contribution in [0.2, 0.25) is 5.02 Å². The van der Waals surface area contributed by atoms with Crippen LogP contribution in [0.3, 0.4) is 0 Å². The van der Waals surface area contributed by atoms with Crippen molar-refractivity contribution in [3.8, 4) is 0 Å². The van der Waals surface area contributed by atoms with Crippen molar-refractivity contribution in [3.63, 3.8) is 0 Å². The van der Waals surface area contributed by atoms with Crippen molar-refractivity contribution in [1.29, 1.82) is 0 Å². The van der Waals surface area contributed by atoms with E-state index >= 15 is 0 Å². The number of halogens is 1. The maximum Gasteiger partial charge on any atom is 0.238 e. The van der Waals surface area contributed by atoms with Crippen LogP contribution in [0.25, 0.3) is 0 Å². The van der Waals surface area contributed by atoms with Crippen LogP contribution in [0, 0.1) is 0 Å². The highest BCUT2D eigenvalue weighted by Gasteiger charge is 2.18. The van der Waals surface area contributed by atoms with Crippen LogP contribution in [-0.4, -0.2) is 30.4 Å². The zero-order valence-corrected chi connectivity index (χ0v) is 12.8. The second-order valence-corrected chi connectivity index (χ2v) is 6.05. The summed E-state index contributed by atoms with van der Waals surface area (Å²) in [5.74, 6) is 0.0408. The summed E-state index contributed by atoms with van der Waals surface area (Å²) in [6.07, 6.45) is 7.67. The van der Waals surface area contributed by atoms with Crippen molar-refractivity contribution in [2.45, 2.75) is 44.6 Å². The largest absolute Gasteiger partial charge is 0.325 e. The normalized spacial score (nSPS) is 16.9. The first-order chi connectivity index (χ1) is 9.65. The van der Waals surface area contributed by atoms with Gasteiger partial charge in [-0.3, -0.25) is 9.69 Å². The lowest BCUT2D eigenvalue weighted by atomic mass is 10.1. The van der Waals surface area contributed by atoms with E-state index in [1.807, 2.05) is 12.1 Å². The van der Waals surface area contributed by atoms with E-state index in [2.05, 4.69) is 17.3 Å². The molecule has 0 unspecified atom stereocenters. The van der Waals surface area contributed by atoms with Gasteiger partial charge in [-0.1, -0.05) is 37.3 Å². The van der Waals surface area contributed by atoms with E-state index in [0.29, 0.717) is 17.6 Å². The number of anilines is 1. The number of benzene rings is 1. The molecule has 0 aromatic heterocycles. The molecule has 0 aliphatic heterocycles. The number of hydrogen-bond acceptors (Lipinski definition) is 2. The Balaban J connectivity index is 1.82. The van der Waals surface area contributed by atoms with Gasteiger partial charge >= 0.3 is 0 Å². The Morgan fingerprint density at radius 2 is 1.80 bits per heavy atom. The molecule has 1 saturated carbocycles. The summed E-state index contributed by atoms with van der Waals surface area (Å²) in [6.45, 7) is 0.452. The molecule has 0 spiro atoms. The van der Waals surface area contributed by atoms with Crippen molar-refractivity contribution < 1.29 is 4.79 Å². The van der Waals surface area contributed by atoms with E-state index in [1.54, 1.807) is 12.1 Å². The second-order valence-electron chi connectivity index (χ2n) is 5.62. The third kappa shape index (κ3) is 4.80.